The van der Waals surface area contributed by atoms with Crippen LogP contribution in [0.2, 0.25) is 5.02 Å². The number of H-pyrrole nitrogens is 1. The van der Waals surface area contributed by atoms with Gasteiger partial charge in [0.15, 0.2) is 5.82 Å². The summed E-state index contributed by atoms with van der Waals surface area (Å²) in [6, 6.07) is 14.6. The summed E-state index contributed by atoms with van der Waals surface area (Å²) in [6.07, 6.45) is 4.37. The summed E-state index contributed by atoms with van der Waals surface area (Å²) in [7, 11) is 0. The Labute approximate surface area is 275 Å². The zero-order chi connectivity index (χ0) is 32.2. The van der Waals surface area contributed by atoms with E-state index in [0.29, 0.717) is 59.8 Å². The van der Waals surface area contributed by atoms with Crippen molar-refractivity contribution in [3.8, 4) is 21.8 Å². The molecule has 236 valence electrons. The van der Waals surface area contributed by atoms with Crippen molar-refractivity contribution in [1.82, 2.24) is 25.0 Å². The van der Waals surface area contributed by atoms with Gasteiger partial charge in [-0.1, -0.05) is 35.0 Å². The van der Waals surface area contributed by atoms with Crippen LogP contribution in [0.5, 0.6) is 0 Å². The van der Waals surface area contributed by atoms with E-state index in [1.54, 1.807) is 30.5 Å². The Hall–Kier alpha value is -4.94. The van der Waals surface area contributed by atoms with Crippen molar-refractivity contribution in [2.24, 2.45) is 0 Å². The molecule has 1 fully saturated rings. The molecule has 13 heteroatoms. The molecule has 0 aliphatic carbocycles. The van der Waals surface area contributed by atoms with Crippen molar-refractivity contribution >= 4 is 44.7 Å². The number of carbonyl (C=O) groups is 1. The first-order valence-corrected chi connectivity index (χ1v) is 16.3. The molecule has 0 bridgehead atoms. The minimum absolute atomic E-state index is 0.0410. The summed E-state index contributed by atoms with van der Waals surface area (Å²) in [5.74, 6) is -0.844. The number of aromatic amines is 1. The van der Waals surface area contributed by atoms with E-state index >= 15 is 0 Å². The molecule has 2 N–H and O–H groups in total. The van der Waals surface area contributed by atoms with E-state index in [4.69, 9.17) is 21.1 Å². The van der Waals surface area contributed by atoms with Gasteiger partial charge in [-0.15, -0.1) is 11.3 Å². The average molecular weight is 671 g/mol. The fourth-order valence-electron chi connectivity index (χ4n) is 6.53. The highest BCUT2D eigenvalue weighted by atomic mass is 35.5. The topological polar surface area (TPSA) is 117 Å². The van der Waals surface area contributed by atoms with Crippen molar-refractivity contribution in [1.29, 1.82) is 0 Å². The second-order valence-electron chi connectivity index (χ2n) is 11.6. The van der Waals surface area contributed by atoms with E-state index in [2.05, 4.69) is 20.4 Å². The molecule has 1 saturated heterocycles. The van der Waals surface area contributed by atoms with Crippen LogP contribution >= 0.6 is 22.9 Å². The molecule has 4 aromatic heterocycles. The normalized spacial score (nSPS) is 15.4. The maximum absolute atomic E-state index is 14.1. The third-order valence-corrected chi connectivity index (χ3v) is 10.2. The standard InChI is InChI=1S/C34H25ClF2N6O3S/c35-21-14-18(5-9-22(21)37)16-39-32-30-19(11-12-38-32)15-25(47-30)27-26(31-41-34(45)46-42-31)23(10-6-17-3-7-20(36)8-4-17)40-29-24-2-1-13-43(24)33(44)28(27)29/h3-5,7-9,11-12,14-15,24H,1-2,6,10,13,16H2,(H,38,39)(H,41,42,45)/t24-/m0/s1. The number of anilines is 1. The van der Waals surface area contributed by atoms with Gasteiger partial charge in [0.05, 0.1) is 38.3 Å². The molecule has 6 aromatic rings. The van der Waals surface area contributed by atoms with Gasteiger partial charge in [-0.3, -0.25) is 19.3 Å². The lowest BCUT2D eigenvalue weighted by Gasteiger charge is -2.16. The van der Waals surface area contributed by atoms with Gasteiger partial charge in [-0.25, -0.2) is 18.6 Å². The SMILES string of the molecule is O=C1c2c(nc(CCc3ccc(F)cc3)c(-c3noc(=O)[nH]3)c2-c2cc3ccnc(NCc4ccc(F)c(Cl)c4)c3s2)[C@@H]2CCCN12. The number of thiophene rings is 1. The summed E-state index contributed by atoms with van der Waals surface area (Å²) >= 11 is 7.45. The van der Waals surface area contributed by atoms with Gasteiger partial charge in [0, 0.05) is 29.7 Å². The maximum Gasteiger partial charge on any atom is 0.439 e. The number of rotatable bonds is 8. The maximum atomic E-state index is 14.1. The van der Waals surface area contributed by atoms with Crippen LogP contribution in [0.1, 0.15) is 51.8 Å². The van der Waals surface area contributed by atoms with Gasteiger partial charge in [0.2, 0.25) is 0 Å². The average Bonchev–Trinajstić information content (AvgIpc) is 3.87. The van der Waals surface area contributed by atoms with Gasteiger partial charge in [0.25, 0.3) is 5.91 Å². The van der Waals surface area contributed by atoms with Gasteiger partial charge < -0.3 is 10.2 Å². The van der Waals surface area contributed by atoms with Crippen molar-refractivity contribution in [3.63, 3.8) is 0 Å². The second kappa shape index (κ2) is 11.7. The third-order valence-electron chi connectivity index (χ3n) is 8.71. The van der Waals surface area contributed by atoms with Gasteiger partial charge >= 0.3 is 5.76 Å². The summed E-state index contributed by atoms with van der Waals surface area (Å²) in [5, 5.41) is 8.33. The molecule has 8 rings (SSSR count). The number of nitrogens with one attached hydrogen (secondary N) is 2. The number of fused-ring (bicyclic) bond motifs is 4. The third kappa shape index (κ3) is 5.27. The lowest BCUT2D eigenvalue weighted by molar-refractivity contribution is 0.0776. The zero-order valence-corrected chi connectivity index (χ0v) is 26.2. The molecule has 0 radical (unpaired) electrons. The molecule has 0 saturated carbocycles. The molecular weight excluding hydrogens is 646 g/mol. The number of aryl methyl sites for hydroxylation is 2. The highest BCUT2D eigenvalue weighted by molar-refractivity contribution is 7.23. The molecule has 47 heavy (non-hydrogen) atoms. The molecule has 2 aromatic carbocycles. The van der Waals surface area contributed by atoms with E-state index in [-0.39, 0.29) is 28.6 Å². The first kappa shape index (κ1) is 29.5. The summed E-state index contributed by atoms with van der Waals surface area (Å²) in [5.41, 5.74) is 4.71. The number of carbonyl (C=O) groups excluding carboxylic acids is 1. The lowest BCUT2D eigenvalue weighted by atomic mass is 9.92. The molecule has 1 amide bonds. The molecule has 0 spiro atoms. The Morgan fingerprint density at radius 2 is 1.85 bits per heavy atom. The molecule has 2 aliphatic rings. The number of nitrogens with zero attached hydrogens (tertiary/aromatic N) is 4. The first-order valence-electron chi connectivity index (χ1n) is 15.1. The number of amides is 1. The number of hydrogen-bond donors (Lipinski definition) is 2. The van der Waals surface area contributed by atoms with Gasteiger partial charge in [-0.05, 0) is 78.6 Å². The summed E-state index contributed by atoms with van der Waals surface area (Å²) in [6.45, 7) is 0.996. The fourth-order valence-corrected chi connectivity index (χ4v) is 7.91. The largest absolute Gasteiger partial charge is 0.439 e. The smallest absolute Gasteiger partial charge is 0.365 e. The molecule has 1 atom stereocenters. The number of halogens is 3. The minimum Gasteiger partial charge on any atom is -0.365 e. The van der Waals surface area contributed by atoms with Crippen LogP contribution < -0.4 is 11.1 Å². The van der Waals surface area contributed by atoms with E-state index in [9.17, 15) is 18.4 Å². The van der Waals surface area contributed by atoms with E-state index < -0.39 is 11.6 Å². The van der Waals surface area contributed by atoms with Crippen molar-refractivity contribution in [2.45, 2.75) is 38.3 Å². The Balaban J connectivity index is 1.28. The quantitative estimate of drug-likeness (QED) is 0.174. The van der Waals surface area contributed by atoms with E-state index in [0.717, 1.165) is 38.9 Å². The van der Waals surface area contributed by atoms with Crippen LogP contribution in [0.3, 0.4) is 0 Å². The molecule has 2 aliphatic heterocycles. The number of pyridine rings is 2. The molecular formula is C34H25ClF2N6O3S. The van der Waals surface area contributed by atoms with Gasteiger partial charge in [0.1, 0.15) is 17.5 Å². The Morgan fingerprint density at radius 3 is 2.64 bits per heavy atom. The van der Waals surface area contributed by atoms with Crippen LogP contribution in [0.15, 0.2) is 70.1 Å². The van der Waals surface area contributed by atoms with Crippen molar-refractivity contribution in [2.75, 3.05) is 11.9 Å². The van der Waals surface area contributed by atoms with E-state index in [1.807, 2.05) is 17.0 Å². The van der Waals surface area contributed by atoms with Crippen LogP contribution in [0.25, 0.3) is 31.9 Å². The number of aromatic nitrogens is 4. The zero-order valence-electron chi connectivity index (χ0n) is 24.6. The molecule has 0 unspecified atom stereocenters. The van der Waals surface area contributed by atoms with Crippen molar-refractivity contribution < 1.29 is 18.1 Å². The van der Waals surface area contributed by atoms with Gasteiger partial charge in [-0.2, -0.15) is 0 Å². The highest BCUT2D eigenvalue weighted by Gasteiger charge is 2.44. The minimum atomic E-state index is -0.726. The van der Waals surface area contributed by atoms with Crippen LogP contribution in [0, 0.1) is 11.6 Å². The Bertz CT molecular complexity index is 2250. The summed E-state index contributed by atoms with van der Waals surface area (Å²) < 4.78 is 33.2. The van der Waals surface area contributed by atoms with Crippen LogP contribution in [0.4, 0.5) is 14.6 Å². The monoisotopic (exact) mass is 670 g/mol. The Kier molecular flexibility index (Phi) is 7.33. The number of hydrogen-bond acceptors (Lipinski definition) is 8. The Morgan fingerprint density at radius 1 is 1.02 bits per heavy atom. The first-order chi connectivity index (χ1) is 22.8. The summed E-state index contributed by atoms with van der Waals surface area (Å²) in [4.78, 5) is 41.3. The van der Waals surface area contributed by atoms with Crippen molar-refractivity contribution in [3.05, 3.63) is 116 Å². The predicted molar refractivity (Wildman–Crippen MR) is 175 cm³/mol. The van der Waals surface area contributed by atoms with E-state index in [1.165, 1.54) is 29.5 Å². The fraction of sp³-hybridized carbons (Fsp3) is 0.206. The molecule has 9 nitrogen and oxygen atoms in total. The second-order valence-corrected chi connectivity index (χ2v) is 13.0. The van der Waals surface area contributed by atoms with Crippen LogP contribution in [-0.4, -0.2) is 37.5 Å². The lowest BCUT2D eigenvalue weighted by Crippen LogP contribution is -2.22. The number of benzene rings is 2. The predicted octanol–water partition coefficient (Wildman–Crippen LogP) is 7.32. The highest BCUT2D eigenvalue weighted by Crippen LogP contribution is 2.50. The van der Waals surface area contributed by atoms with Crippen LogP contribution in [-0.2, 0) is 19.4 Å². The molecule has 6 heterocycles.